The molecular weight excluding hydrogens is 249 g/mol. The van der Waals surface area contributed by atoms with Crippen LogP contribution < -0.4 is 5.73 Å². The van der Waals surface area contributed by atoms with Crippen molar-refractivity contribution < 1.29 is 8.60 Å². The van der Waals surface area contributed by atoms with E-state index in [2.05, 4.69) is 0 Å². The zero-order valence-electron chi connectivity index (χ0n) is 10.0. The quantitative estimate of drug-likeness (QED) is 0.865. The second kappa shape index (κ2) is 5.31. The van der Waals surface area contributed by atoms with Gasteiger partial charge in [-0.15, -0.1) is 0 Å². The second-order valence-electron chi connectivity index (χ2n) is 4.10. The van der Waals surface area contributed by atoms with Gasteiger partial charge in [0, 0.05) is 5.69 Å². The van der Waals surface area contributed by atoms with E-state index in [0.29, 0.717) is 16.3 Å². The Morgan fingerprint density at radius 2 is 1.94 bits per heavy atom. The summed E-state index contributed by atoms with van der Waals surface area (Å²) in [6.07, 6.45) is 0. The minimum atomic E-state index is -1.21. The van der Waals surface area contributed by atoms with E-state index in [1.807, 2.05) is 6.92 Å². The predicted molar refractivity (Wildman–Crippen MR) is 72.1 cm³/mol. The molecule has 0 amide bonds. The third-order valence-corrected chi connectivity index (χ3v) is 4.19. The lowest BCUT2D eigenvalue weighted by atomic mass is 10.1. The lowest BCUT2D eigenvalue weighted by molar-refractivity contribution is 0.626. The number of halogens is 1. The van der Waals surface area contributed by atoms with Gasteiger partial charge in [-0.2, -0.15) is 0 Å². The Bertz CT molecular complexity index is 598. The van der Waals surface area contributed by atoms with Gasteiger partial charge < -0.3 is 5.73 Å². The molecule has 0 spiro atoms. The van der Waals surface area contributed by atoms with Crippen molar-refractivity contribution in [3.05, 3.63) is 59.4 Å². The molecule has 94 valence electrons. The van der Waals surface area contributed by atoms with Gasteiger partial charge in [0.05, 0.1) is 21.4 Å². The Morgan fingerprint density at radius 3 is 2.61 bits per heavy atom. The standard InChI is InChI=1S/C14H14FNOS/c1-10-8-12(15)7-6-11(10)9-18(17)14-5-3-2-4-13(14)16/h2-8H,9,16H2,1H3. The average molecular weight is 263 g/mol. The van der Waals surface area contributed by atoms with Crippen LogP contribution >= 0.6 is 0 Å². The van der Waals surface area contributed by atoms with Crippen LogP contribution in [0.4, 0.5) is 10.1 Å². The number of anilines is 1. The topological polar surface area (TPSA) is 43.1 Å². The van der Waals surface area contributed by atoms with Crippen LogP contribution in [0.25, 0.3) is 0 Å². The molecule has 2 aromatic rings. The van der Waals surface area contributed by atoms with Gasteiger partial charge in [0.1, 0.15) is 5.82 Å². The summed E-state index contributed by atoms with van der Waals surface area (Å²) in [5.41, 5.74) is 7.98. The van der Waals surface area contributed by atoms with Crippen molar-refractivity contribution in [2.24, 2.45) is 0 Å². The van der Waals surface area contributed by atoms with Gasteiger partial charge in [-0.1, -0.05) is 18.2 Å². The van der Waals surface area contributed by atoms with Crippen LogP contribution in [0, 0.1) is 12.7 Å². The first-order valence-electron chi connectivity index (χ1n) is 5.56. The summed E-state index contributed by atoms with van der Waals surface area (Å²) >= 11 is 0. The summed E-state index contributed by atoms with van der Waals surface area (Å²) in [6.45, 7) is 1.81. The minimum absolute atomic E-state index is 0.277. The van der Waals surface area contributed by atoms with Crippen LogP contribution in [0.3, 0.4) is 0 Å². The molecule has 1 unspecified atom stereocenters. The van der Waals surface area contributed by atoms with Crippen molar-refractivity contribution in [1.29, 1.82) is 0 Å². The fraction of sp³-hybridized carbons (Fsp3) is 0.143. The van der Waals surface area contributed by atoms with Crippen LogP contribution in [0.5, 0.6) is 0 Å². The molecule has 0 saturated heterocycles. The summed E-state index contributed by atoms with van der Waals surface area (Å²) < 4.78 is 25.2. The lowest BCUT2D eigenvalue weighted by Crippen LogP contribution is -2.02. The van der Waals surface area contributed by atoms with Crippen LogP contribution in [0.15, 0.2) is 47.4 Å². The highest BCUT2D eigenvalue weighted by molar-refractivity contribution is 7.84. The van der Waals surface area contributed by atoms with Gasteiger partial charge in [0.25, 0.3) is 0 Å². The minimum Gasteiger partial charge on any atom is -0.398 e. The molecule has 2 nitrogen and oxygen atoms in total. The third kappa shape index (κ3) is 2.76. The third-order valence-electron chi connectivity index (χ3n) is 2.76. The molecule has 18 heavy (non-hydrogen) atoms. The van der Waals surface area contributed by atoms with Gasteiger partial charge in [0.2, 0.25) is 0 Å². The molecule has 2 N–H and O–H groups in total. The Morgan fingerprint density at radius 1 is 1.22 bits per heavy atom. The van der Waals surface area contributed by atoms with E-state index < -0.39 is 10.8 Å². The molecular formula is C14H14FNOS. The molecule has 0 aliphatic rings. The molecule has 0 aliphatic heterocycles. The molecule has 0 aliphatic carbocycles. The van der Waals surface area contributed by atoms with Crippen LogP contribution in [0.2, 0.25) is 0 Å². The van der Waals surface area contributed by atoms with Crippen molar-refractivity contribution in [2.75, 3.05) is 5.73 Å². The van der Waals surface area contributed by atoms with E-state index in [1.165, 1.54) is 12.1 Å². The first kappa shape index (κ1) is 12.8. The number of para-hydroxylation sites is 1. The summed E-state index contributed by atoms with van der Waals surface area (Å²) in [5.74, 6) is 0.0709. The summed E-state index contributed by atoms with van der Waals surface area (Å²) in [5, 5.41) is 0. The van der Waals surface area contributed by atoms with Crippen LogP contribution in [-0.4, -0.2) is 4.21 Å². The SMILES string of the molecule is Cc1cc(F)ccc1CS(=O)c1ccccc1N. The molecule has 2 aromatic carbocycles. The normalized spacial score (nSPS) is 12.3. The van der Waals surface area contributed by atoms with E-state index in [0.717, 1.165) is 11.1 Å². The van der Waals surface area contributed by atoms with Crippen molar-refractivity contribution >= 4 is 16.5 Å². The van der Waals surface area contributed by atoms with Gasteiger partial charge in [0.15, 0.2) is 0 Å². The first-order valence-corrected chi connectivity index (χ1v) is 6.87. The van der Waals surface area contributed by atoms with Crippen LogP contribution in [-0.2, 0) is 16.6 Å². The second-order valence-corrected chi connectivity index (χ2v) is 5.52. The molecule has 0 saturated carbocycles. The molecule has 0 heterocycles. The largest absolute Gasteiger partial charge is 0.398 e. The van der Waals surface area contributed by atoms with E-state index in [1.54, 1.807) is 30.3 Å². The van der Waals surface area contributed by atoms with Gasteiger partial charge in [-0.25, -0.2) is 4.39 Å². The molecule has 0 aromatic heterocycles. The number of aryl methyl sites for hydroxylation is 1. The molecule has 4 heteroatoms. The number of hydrogen-bond donors (Lipinski definition) is 1. The zero-order valence-corrected chi connectivity index (χ0v) is 10.8. The maximum atomic E-state index is 13.0. The number of rotatable bonds is 3. The highest BCUT2D eigenvalue weighted by atomic mass is 32.2. The fourth-order valence-electron chi connectivity index (χ4n) is 1.73. The first-order chi connectivity index (χ1) is 8.58. The van der Waals surface area contributed by atoms with Crippen LogP contribution in [0.1, 0.15) is 11.1 Å². The number of nitrogen functional groups attached to an aromatic ring is 1. The van der Waals surface area contributed by atoms with Gasteiger partial charge in [-0.3, -0.25) is 4.21 Å². The Kier molecular flexibility index (Phi) is 3.77. The summed E-state index contributed by atoms with van der Waals surface area (Å²) in [6, 6.07) is 11.6. The van der Waals surface area contributed by atoms with E-state index in [-0.39, 0.29) is 5.82 Å². The highest BCUT2D eigenvalue weighted by Crippen LogP contribution is 2.20. The van der Waals surface area contributed by atoms with Gasteiger partial charge >= 0.3 is 0 Å². The van der Waals surface area contributed by atoms with E-state index >= 15 is 0 Å². The number of hydrogen-bond acceptors (Lipinski definition) is 2. The zero-order chi connectivity index (χ0) is 13.1. The molecule has 0 bridgehead atoms. The fourth-order valence-corrected chi connectivity index (χ4v) is 3.05. The molecule has 1 atom stereocenters. The molecule has 2 rings (SSSR count). The van der Waals surface area contributed by atoms with Crippen molar-refractivity contribution in [3.8, 4) is 0 Å². The number of benzene rings is 2. The predicted octanol–water partition coefficient (Wildman–Crippen LogP) is 3.02. The van der Waals surface area contributed by atoms with Crippen molar-refractivity contribution in [3.63, 3.8) is 0 Å². The Hall–Kier alpha value is -1.68. The maximum Gasteiger partial charge on any atom is 0.123 e. The monoisotopic (exact) mass is 263 g/mol. The van der Waals surface area contributed by atoms with E-state index in [9.17, 15) is 8.60 Å². The lowest BCUT2D eigenvalue weighted by Gasteiger charge is -2.08. The average Bonchev–Trinajstić information content (AvgIpc) is 2.33. The summed E-state index contributed by atoms with van der Waals surface area (Å²) in [4.78, 5) is 0.626. The van der Waals surface area contributed by atoms with Gasteiger partial charge in [-0.05, 0) is 42.3 Å². The summed E-state index contributed by atoms with van der Waals surface area (Å²) in [7, 11) is -1.21. The highest BCUT2D eigenvalue weighted by Gasteiger charge is 2.10. The molecule has 0 radical (unpaired) electrons. The van der Waals surface area contributed by atoms with Crippen molar-refractivity contribution in [2.45, 2.75) is 17.6 Å². The Balaban J connectivity index is 2.24. The number of nitrogens with two attached hydrogens (primary N) is 1. The molecule has 0 fully saturated rings. The van der Waals surface area contributed by atoms with E-state index in [4.69, 9.17) is 5.73 Å². The van der Waals surface area contributed by atoms with Crippen molar-refractivity contribution in [1.82, 2.24) is 0 Å². The smallest absolute Gasteiger partial charge is 0.123 e. The maximum absolute atomic E-state index is 13.0. The Labute approximate surface area is 108 Å².